The van der Waals surface area contributed by atoms with E-state index in [-0.39, 0.29) is 5.56 Å². The van der Waals surface area contributed by atoms with Crippen molar-refractivity contribution < 1.29 is 0 Å². The lowest BCUT2D eigenvalue weighted by Gasteiger charge is -2.17. The van der Waals surface area contributed by atoms with Crippen molar-refractivity contribution in [3.8, 4) is 0 Å². The molecule has 0 saturated carbocycles. The van der Waals surface area contributed by atoms with Crippen LogP contribution >= 0.6 is 23.6 Å². The first-order valence-electron chi connectivity index (χ1n) is 5.42. The number of fused-ring (bicyclic) bond motifs is 3. The van der Waals surface area contributed by atoms with E-state index < -0.39 is 0 Å². The first-order valence-corrected chi connectivity index (χ1v) is 6.64. The standard InChI is InChI=1S/C11H12N2OS2/c1-5-2-3-6-7(4-5)16-10-8(6)9(14)12-11(15)13-10/h5H,2-4H2,1H3,(H2,12,13,14,15). The maximum atomic E-state index is 11.9. The van der Waals surface area contributed by atoms with Gasteiger partial charge in [-0.3, -0.25) is 9.78 Å². The van der Waals surface area contributed by atoms with Crippen molar-refractivity contribution in [1.29, 1.82) is 0 Å². The fourth-order valence-electron chi connectivity index (χ4n) is 2.38. The molecule has 0 radical (unpaired) electrons. The summed E-state index contributed by atoms with van der Waals surface area (Å²) in [5, 5.41) is 0.834. The van der Waals surface area contributed by atoms with Crippen molar-refractivity contribution in [1.82, 2.24) is 9.97 Å². The second kappa shape index (κ2) is 3.53. The van der Waals surface area contributed by atoms with Gasteiger partial charge in [-0.25, -0.2) is 0 Å². The Morgan fingerprint density at radius 3 is 3.06 bits per heavy atom. The summed E-state index contributed by atoms with van der Waals surface area (Å²) in [5.41, 5.74) is 1.21. The summed E-state index contributed by atoms with van der Waals surface area (Å²) >= 11 is 6.68. The molecule has 16 heavy (non-hydrogen) atoms. The first-order chi connectivity index (χ1) is 7.65. The third-order valence-electron chi connectivity index (χ3n) is 3.19. The van der Waals surface area contributed by atoms with Crippen LogP contribution in [0, 0.1) is 10.7 Å². The molecule has 1 unspecified atom stereocenters. The maximum absolute atomic E-state index is 11.9. The van der Waals surface area contributed by atoms with Gasteiger partial charge in [0.15, 0.2) is 4.77 Å². The van der Waals surface area contributed by atoms with Gasteiger partial charge < -0.3 is 4.98 Å². The monoisotopic (exact) mass is 252 g/mol. The van der Waals surface area contributed by atoms with E-state index in [1.165, 1.54) is 16.9 Å². The number of H-pyrrole nitrogens is 2. The highest BCUT2D eigenvalue weighted by molar-refractivity contribution is 7.71. The van der Waals surface area contributed by atoms with E-state index in [9.17, 15) is 4.79 Å². The zero-order valence-electron chi connectivity index (χ0n) is 8.92. The predicted molar refractivity (Wildman–Crippen MR) is 68.8 cm³/mol. The molecule has 0 aromatic carbocycles. The molecule has 2 aromatic rings. The highest BCUT2D eigenvalue weighted by Gasteiger charge is 2.21. The number of nitrogens with one attached hydrogen (secondary N) is 2. The molecule has 0 saturated heterocycles. The number of rotatable bonds is 0. The fraction of sp³-hybridized carbons (Fsp3) is 0.455. The van der Waals surface area contributed by atoms with Gasteiger partial charge in [0.2, 0.25) is 0 Å². The molecular formula is C11H12N2OS2. The van der Waals surface area contributed by atoms with Gasteiger partial charge in [-0.05, 0) is 43.0 Å². The summed E-state index contributed by atoms with van der Waals surface area (Å²) in [6, 6.07) is 0. The van der Waals surface area contributed by atoms with E-state index in [1.807, 2.05) is 0 Å². The minimum absolute atomic E-state index is 0.0363. The minimum atomic E-state index is -0.0363. The summed E-state index contributed by atoms with van der Waals surface area (Å²) in [4.78, 5) is 19.9. The average molecular weight is 252 g/mol. The molecule has 0 fully saturated rings. The third kappa shape index (κ3) is 1.46. The second-order valence-corrected chi connectivity index (χ2v) is 5.98. The SMILES string of the molecule is CC1CCc2c(sc3[nH]c(=S)[nH]c(=O)c23)C1. The van der Waals surface area contributed by atoms with Gasteiger partial charge in [0, 0.05) is 4.88 Å². The molecule has 2 aromatic heterocycles. The van der Waals surface area contributed by atoms with Gasteiger partial charge in [-0.15, -0.1) is 11.3 Å². The Labute approximate surface area is 102 Å². The molecule has 0 amide bonds. The molecule has 3 rings (SSSR count). The van der Waals surface area contributed by atoms with Crippen LogP contribution in [0.15, 0.2) is 4.79 Å². The predicted octanol–water partition coefficient (Wildman–Crippen LogP) is 2.77. The van der Waals surface area contributed by atoms with Crippen molar-refractivity contribution in [2.75, 3.05) is 0 Å². The molecule has 0 spiro atoms. The van der Waals surface area contributed by atoms with E-state index in [1.54, 1.807) is 11.3 Å². The quantitative estimate of drug-likeness (QED) is 0.708. The number of aryl methyl sites for hydroxylation is 1. The van der Waals surface area contributed by atoms with Gasteiger partial charge in [0.05, 0.1) is 5.39 Å². The van der Waals surface area contributed by atoms with Crippen molar-refractivity contribution >= 4 is 33.8 Å². The molecule has 84 valence electrons. The van der Waals surface area contributed by atoms with Gasteiger partial charge in [0.1, 0.15) is 4.83 Å². The Bertz CT molecular complexity index is 665. The number of aromatic amines is 2. The number of hydrogen-bond donors (Lipinski definition) is 2. The summed E-state index contributed by atoms with van der Waals surface area (Å²) in [6.45, 7) is 2.26. The highest BCUT2D eigenvalue weighted by Crippen LogP contribution is 2.35. The topological polar surface area (TPSA) is 48.6 Å². The van der Waals surface area contributed by atoms with Crippen LogP contribution in [0.25, 0.3) is 10.2 Å². The van der Waals surface area contributed by atoms with E-state index in [0.29, 0.717) is 4.77 Å². The zero-order chi connectivity index (χ0) is 11.3. The summed E-state index contributed by atoms with van der Waals surface area (Å²) < 4.78 is 0.421. The van der Waals surface area contributed by atoms with Crippen LogP contribution in [0.2, 0.25) is 0 Å². The molecule has 2 N–H and O–H groups in total. The van der Waals surface area contributed by atoms with Crippen LogP contribution in [0.4, 0.5) is 0 Å². The van der Waals surface area contributed by atoms with E-state index in [4.69, 9.17) is 12.2 Å². The van der Waals surface area contributed by atoms with Crippen molar-refractivity contribution in [2.24, 2.45) is 5.92 Å². The third-order valence-corrected chi connectivity index (χ3v) is 4.57. The molecule has 1 aliphatic rings. The molecule has 5 heteroatoms. The van der Waals surface area contributed by atoms with Crippen LogP contribution in [-0.4, -0.2) is 9.97 Å². The zero-order valence-corrected chi connectivity index (χ0v) is 10.6. The Kier molecular flexibility index (Phi) is 2.26. The van der Waals surface area contributed by atoms with Gasteiger partial charge in [0.25, 0.3) is 5.56 Å². The number of aromatic nitrogens is 2. The molecule has 0 aliphatic heterocycles. The Hall–Kier alpha value is -0.940. The Morgan fingerprint density at radius 2 is 2.25 bits per heavy atom. The lowest BCUT2D eigenvalue weighted by molar-refractivity contribution is 0.509. The second-order valence-electron chi connectivity index (χ2n) is 4.46. The van der Waals surface area contributed by atoms with Crippen LogP contribution in [0.5, 0.6) is 0 Å². The summed E-state index contributed by atoms with van der Waals surface area (Å²) in [6.07, 6.45) is 3.28. The average Bonchev–Trinajstić information content (AvgIpc) is 2.54. The van der Waals surface area contributed by atoms with E-state index >= 15 is 0 Å². The van der Waals surface area contributed by atoms with Crippen LogP contribution in [0.1, 0.15) is 23.8 Å². The van der Waals surface area contributed by atoms with Gasteiger partial charge in [-0.1, -0.05) is 6.92 Å². The minimum Gasteiger partial charge on any atom is -0.323 e. The largest absolute Gasteiger partial charge is 0.323 e. The molecule has 1 aliphatic carbocycles. The van der Waals surface area contributed by atoms with Crippen molar-refractivity contribution in [3.05, 3.63) is 25.6 Å². The normalized spacial score (nSPS) is 19.9. The highest BCUT2D eigenvalue weighted by atomic mass is 32.1. The van der Waals surface area contributed by atoms with E-state index in [0.717, 1.165) is 29.0 Å². The molecule has 0 bridgehead atoms. The van der Waals surface area contributed by atoms with Crippen LogP contribution in [0.3, 0.4) is 0 Å². The summed E-state index contributed by atoms with van der Waals surface area (Å²) in [7, 11) is 0. The number of hydrogen-bond acceptors (Lipinski definition) is 3. The van der Waals surface area contributed by atoms with Crippen LogP contribution in [-0.2, 0) is 12.8 Å². The Morgan fingerprint density at radius 1 is 1.44 bits per heavy atom. The van der Waals surface area contributed by atoms with Crippen molar-refractivity contribution in [2.45, 2.75) is 26.2 Å². The molecule has 1 atom stereocenters. The van der Waals surface area contributed by atoms with Gasteiger partial charge in [-0.2, -0.15) is 0 Å². The molecule has 2 heterocycles. The first kappa shape index (κ1) is 10.2. The lowest BCUT2D eigenvalue weighted by Crippen LogP contribution is -2.12. The Balaban J connectivity index is 2.38. The van der Waals surface area contributed by atoms with Crippen molar-refractivity contribution in [3.63, 3.8) is 0 Å². The number of thiophene rings is 1. The van der Waals surface area contributed by atoms with Gasteiger partial charge >= 0.3 is 0 Å². The smallest absolute Gasteiger partial charge is 0.260 e. The lowest BCUT2D eigenvalue weighted by atomic mass is 9.89. The molecule has 3 nitrogen and oxygen atoms in total. The fourth-order valence-corrected chi connectivity index (χ4v) is 4.05. The molecular weight excluding hydrogens is 240 g/mol. The van der Waals surface area contributed by atoms with E-state index in [2.05, 4.69) is 16.9 Å². The summed E-state index contributed by atoms with van der Waals surface area (Å²) in [5.74, 6) is 0.725. The van der Waals surface area contributed by atoms with Crippen LogP contribution < -0.4 is 5.56 Å². The maximum Gasteiger partial charge on any atom is 0.260 e.